The first-order valence-corrected chi connectivity index (χ1v) is 12.2. The number of fused-ring (bicyclic) bond motifs is 1. The van der Waals surface area contributed by atoms with E-state index >= 15 is 0 Å². The van der Waals surface area contributed by atoms with Crippen molar-refractivity contribution in [1.82, 2.24) is 4.98 Å². The van der Waals surface area contributed by atoms with Crippen molar-refractivity contribution in [2.45, 2.75) is 94.5 Å². The molecule has 1 saturated heterocycles. The van der Waals surface area contributed by atoms with E-state index in [1.54, 1.807) is 15.3 Å². The molecule has 3 aliphatic rings. The van der Waals surface area contributed by atoms with Gasteiger partial charge >= 0.3 is 0 Å². The minimum Gasteiger partial charge on any atom is -0.375 e. The van der Waals surface area contributed by atoms with Crippen molar-refractivity contribution in [3.05, 3.63) is 51.5 Å². The number of thiophene rings is 1. The van der Waals surface area contributed by atoms with Gasteiger partial charge in [0.15, 0.2) is 0 Å². The molecule has 2 aliphatic carbocycles. The first-order valence-electron chi connectivity index (χ1n) is 11.4. The third-order valence-electron chi connectivity index (χ3n) is 7.50. The maximum Gasteiger partial charge on any atom is 0.0691 e. The molecule has 3 heterocycles. The number of aromatic nitrogens is 1. The Morgan fingerprint density at radius 2 is 1.96 bits per heavy atom. The molecular weight excluding hydrogens is 362 g/mol. The van der Waals surface area contributed by atoms with Gasteiger partial charge in [0.2, 0.25) is 0 Å². The summed E-state index contributed by atoms with van der Waals surface area (Å²) >= 11 is 2.09. The fourth-order valence-electron chi connectivity index (χ4n) is 6.07. The van der Waals surface area contributed by atoms with Crippen LogP contribution in [0.2, 0.25) is 0 Å². The zero-order chi connectivity index (χ0) is 18.9. The molecule has 2 aromatic heterocycles. The first-order chi connectivity index (χ1) is 13.8. The molecule has 1 aliphatic heterocycles. The van der Waals surface area contributed by atoms with Crippen molar-refractivity contribution < 1.29 is 4.74 Å². The van der Waals surface area contributed by atoms with Crippen LogP contribution in [0.1, 0.15) is 85.2 Å². The van der Waals surface area contributed by atoms with Crippen LogP contribution < -0.4 is 0 Å². The van der Waals surface area contributed by atoms with Gasteiger partial charge in [-0.05, 0) is 88.0 Å². The minimum atomic E-state index is 0.143. The van der Waals surface area contributed by atoms with E-state index in [1.807, 2.05) is 6.20 Å². The van der Waals surface area contributed by atoms with E-state index < -0.39 is 0 Å². The maximum absolute atomic E-state index is 6.39. The van der Waals surface area contributed by atoms with E-state index in [2.05, 4.69) is 35.6 Å². The summed E-state index contributed by atoms with van der Waals surface area (Å²) in [7, 11) is 0. The Hall–Kier alpha value is -1.19. The van der Waals surface area contributed by atoms with E-state index in [4.69, 9.17) is 9.72 Å². The number of aryl methyl sites for hydroxylation is 3. The summed E-state index contributed by atoms with van der Waals surface area (Å²) < 4.78 is 6.39. The summed E-state index contributed by atoms with van der Waals surface area (Å²) in [5.41, 5.74) is 3.34. The van der Waals surface area contributed by atoms with Gasteiger partial charge in [0.25, 0.3) is 0 Å². The number of ether oxygens (including phenoxy) is 1. The second-order valence-corrected chi connectivity index (χ2v) is 10.6. The molecule has 1 saturated carbocycles. The monoisotopic (exact) mass is 395 g/mol. The number of unbranched alkanes of at least 4 members (excludes halogenated alkanes) is 1. The quantitative estimate of drug-likeness (QED) is 0.528. The Morgan fingerprint density at radius 3 is 2.79 bits per heavy atom. The molecule has 0 bridgehead atoms. The topological polar surface area (TPSA) is 22.1 Å². The van der Waals surface area contributed by atoms with Crippen LogP contribution in [0.4, 0.5) is 0 Å². The summed E-state index contributed by atoms with van der Waals surface area (Å²) in [6.07, 6.45) is 18.6. The van der Waals surface area contributed by atoms with Gasteiger partial charge in [-0.15, -0.1) is 11.3 Å². The van der Waals surface area contributed by atoms with Crippen molar-refractivity contribution in [2.75, 3.05) is 6.61 Å². The Labute approximate surface area is 173 Å². The van der Waals surface area contributed by atoms with E-state index in [0.29, 0.717) is 0 Å². The van der Waals surface area contributed by atoms with Crippen LogP contribution in [-0.2, 0) is 29.4 Å². The van der Waals surface area contributed by atoms with Gasteiger partial charge in [-0.2, -0.15) is 0 Å². The summed E-state index contributed by atoms with van der Waals surface area (Å²) in [5, 5.41) is 0. The Kier molecular flexibility index (Phi) is 5.32. The van der Waals surface area contributed by atoms with E-state index in [-0.39, 0.29) is 11.0 Å². The van der Waals surface area contributed by atoms with Gasteiger partial charge in [-0.1, -0.05) is 25.3 Å². The number of rotatable bonds is 6. The summed E-state index contributed by atoms with van der Waals surface area (Å²) in [4.78, 5) is 8.14. The minimum absolute atomic E-state index is 0.143. The van der Waals surface area contributed by atoms with Gasteiger partial charge in [0.1, 0.15) is 0 Å². The molecule has 1 atom stereocenters. The predicted molar refractivity (Wildman–Crippen MR) is 116 cm³/mol. The summed E-state index contributed by atoms with van der Waals surface area (Å²) in [6, 6.07) is 9.01. The maximum atomic E-state index is 6.39. The molecule has 28 heavy (non-hydrogen) atoms. The SMILES string of the molecule is c1ccc([C@]2(CCCCc3cc4c(s3)CCC4)CCOC3(CCCC3)C2)nc1. The Morgan fingerprint density at radius 1 is 1.04 bits per heavy atom. The van der Waals surface area contributed by atoms with Crippen molar-refractivity contribution >= 4 is 11.3 Å². The molecule has 2 aromatic rings. The highest BCUT2D eigenvalue weighted by molar-refractivity contribution is 7.12. The van der Waals surface area contributed by atoms with Crippen molar-refractivity contribution in [3.63, 3.8) is 0 Å². The largest absolute Gasteiger partial charge is 0.375 e. The lowest BCUT2D eigenvalue weighted by Crippen LogP contribution is -2.46. The lowest BCUT2D eigenvalue weighted by atomic mass is 9.67. The molecule has 0 amide bonds. The average Bonchev–Trinajstić information content (AvgIpc) is 3.43. The lowest BCUT2D eigenvalue weighted by Gasteiger charge is -2.46. The van der Waals surface area contributed by atoms with Crippen LogP contribution in [0.25, 0.3) is 0 Å². The van der Waals surface area contributed by atoms with E-state index in [9.17, 15) is 0 Å². The number of hydrogen-bond acceptors (Lipinski definition) is 3. The molecule has 3 heteroatoms. The fraction of sp³-hybridized carbons (Fsp3) is 0.640. The first kappa shape index (κ1) is 18.8. The highest BCUT2D eigenvalue weighted by atomic mass is 32.1. The molecule has 0 aromatic carbocycles. The smallest absolute Gasteiger partial charge is 0.0691 e. The van der Waals surface area contributed by atoms with Gasteiger partial charge in [0, 0.05) is 33.7 Å². The highest BCUT2D eigenvalue weighted by Gasteiger charge is 2.48. The van der Waals surface area contributed by atoms with Crippen LogP contribution >= 0.6 is 11.3 Å². The third kappa shape index (κ3) is 3.68. The molecule has 0 N–H and O–H groups in total. The summed E-state index contributed by atoms with van der Waals surface area (Å²) in [6.45, 7) is 0.911. The number of nitrogens with zero attached hydrogens (tertiary/aromatic N) is 1. The Balaban J connectivity index is 1.27. The predicted octanol–water partition coefficient (Wildman–Crippen LogP) is 6.41. The third-order valence-corrected chi connectivity index (χ3v) is 8.80. The molecule has 0 radical (unpaired) electrons. The van der Waals surface area contributed by atoms with Gasteiger partial charge in [-0.25, -0.2) is 0 Å². The lowest BCUT2D eigenvalue weighted by molar-refractivity contribution is -0.104. The van der Waals surface area contributed by atoms with Gasteiger partial charge in [0.05, 0.1) is 5.60 Å². The standard InChI is InChI=1S/C25H33NOS/c1(9-21-18-20-8-7-10-22(20)28-21)3-12-24(23-11-2-6-16-26-23)15-17-27-25(19-24)13-4-5-14-25/h2,6,11,16,18H,1,3-5,7-10,12-15,17,19H2/t24-/m1/s1. The van der Waals surface area contributed by atoms with Crippen molar-refractivity contribution in [3.8, 4) is 0 Å². The van der Waals surface area contributed by atoms with Crippen molar-refractivity contribution in [2.24, 2.45) is 0 Å². The normalized spacial score (nSPS) is 26.0. The van der Waals surface area contributed by atoms with Crippen LogP contribution in [-0.4, -0.2) is 17.2 Å². The zero-order valence-corrected chi connectivity index (χ0v) is 17.9. The molecule has 1 spiro atoms. The van der Waals surface area contributed by atoms with Crippen LogP contribution in [0, 0.1) is 0 Å². The van der Waals surface area contributed by atoms with E-state index in [1.165, 1.54) is 82.7 Å². The number of pyridine rings is 1. The van der Waals surface area contributed by atoms with Crippen LogP contribution in [0.3, 0.4) is 0 Å². The van der Waals surface area contributed by atoms with Crippen LogP contribution in [0.15, 0.2) is 30.5 Å². The van der Waals surface area contributed by atoms with Gasteiger partial charge < -0.3 is 4.74 Å². The number of hydrogen-bond donors (Lipinski definition) is 0. The fourth-order valence-corrected chi connectivity index (χ4v) is 7.38. The average molecular weight is 396 g/mol. The van der Waals surface area contributed by atoms with Gasteiger partial charge in [-0.3, -0.25) is 4.98 Å². The Bertz CT molecular complexity index is 771. The highest BCUT2D eigenvalue weighted by Crippen LogP contribution is 2.50. The molecule has 2 nitrogen and oxygen atoms in total. The molecule has 2 fully saturated rings. The second kappa shape index (κ2) is 7.91. The molecule has 150 valence electrons. The second-order valence-electron chi connectivity index (χ2n) is 9.38. The van der Waals surface area contributed by atoms with Crippen LogP contribution in [0.5, 0.6) is 0 Å². The zero-order valence-electron chi connectivity index (χ0n) is 17.0. The molecule has 0 unspecified atom stereocenters. The van der Waals surface area contributed by atoms with E-state index in [0.717, 1.165) is 13.0 Å². The molecule has 5 rings (SSSR count). The summed E-state index contributed by atoms with van der Waals surface area (Å²) in [5.74, 6) is 0. The van der Waals surface area contributed by atoms with Crippen molar-refractivity contribution in [1.29, 1.82) is 0 Å². The molecular formula is C25H33NOS.